The minimum atomic E-state index is -3.92. The van der Waals surface area contributed by atoms with Gasteiger partial charge < -0.3 is 0 Å². The molecule has 0 heterocycles. The van der Waals surface area contributed by atoms with Crippen LogP contribution in [0.5, 0.6) is 0 Å². The summed E-state index contributed by atoms with van der Waals surface area (Å²) in [5.41, 5.74) is 0. The molecule has 1 atom stereocenters. The van der Waals surface area contributed by atoms with Gasteiger partial charge in [-0.1, -0.05) is 15.9 Å². The van der Waals surface area contributed by atoms with Crippen LogP contribution in [0.4, 0.5) is 4.39 Å². The lowest BCUT2D eigenvalue weighted by Gasteiger charge is -2.08. The molecule has 1 aromatic rings. The Kier molecular flexibility index (Phi) is 4.62. The van der Waals surface area contributed by atoms with Gasteiger partial charge in [-0.15, -0.1) is 0 Å². The zero-order valence-corrected chi connectivity index (χ0v) is 11.3. The summed E-state index contributed by atoms with van der Waals surface area (Å²) in [6.07, 6.45) is 0. The number of halogens is 2. The predicted octanol–water partition coefficient (Wildman–Crippen LogP) is 2.03. The van der Waals surface area contributed by atoms with Crippen LogP contribution in [-0.4, -0.2) is 15.0 Å². The predicted molar refractivity (Wildman–Crippen MR) is 64.1 cm³/mol. The zero-order chi connectivity index (χ0) is 13.1. The minimum Gasteiger partial charge on any atom is -0.210 e. The van der Waals surface area contributed by atoms with Gasteiger partial charge in [0.15, 0.2) is 0 Å². The van der Waals surface area contributed by atoms with Crippen molar-refractivity contribution in [2.45, 2.75) is 11.8 Å². The fourth-order valence-electron chi connectivity index (χ4n) is 1.04. The van der Waals surface area contributed by atoms with E-state index in [9.17, 15) is 12.8 Å². The lowest BCUT2D eigenvalue weighted by molar-refractivity contribution is 0.551. The number of benzene rings is 1. The number of nitrogens with one attached hydrogen (secondary N) is 1. The lowest BCUT2D eigenvalue weighted by Crippen LogP contribution is -2.28. The van der Waals surface area contributed by atoms with Gasteiger partial charge in [-0.25, -0.2) is 17.5 Å². The third-order valence-electron chi connectivity index (χ3n) is 1.98. The maximum atomic E-state index is 13.4. The van der Waals surface area contributed by atoms with E-state index in [4.69, 9.17) is 5.26 Å². The van der Waals surface area contributed by atoms with Gasteiger partial charge in [0.05, 0.1) is 12.0 Å². The van der Waals surface area contributed by atoms with Crippen molar-refractivity contribution in [1.29, 1.82) is 5.26 Å². The van der Waals surface area contributed by atoms with E-state index in [-0.39, 0.29) is 6.54 Å². The second-order valence-electron chi connectivity index (χ2n) is 3.46. The summed E-state index contributed by atoms with van der Waals surface area (Å²) in [5, 5.41) is 8.53. The van der Waals surface area contributed by atoms with E-state index < -0.39 is 26.7 Å². The van der Waals surface area contributed by atoms with Gasteiger partial charge >= 0.3 is 0 Å². The van der Waals surface area contributed by atoms with Crippen molar-refractivity contribution in [3.05, 3.63) is 28.5 Å². The number of hydrogen-bond acceptors (Lipinski definition) is 3. The molecule has 0 saturated heterocycles. The third kappa shape index (κ3) is 3.77. The number of hydrogen-bond donors (Lipinski definition) is 1. The molecule has 0 unspecified atom stereocenters. The first-order valence-corrected chi connectivity index (χ1v) is 6.99. The molecule has 0 aromatic heterocycles. The molecule has 1 aromatic carbocycles. The molecule has 0 aliphatic carbocycles. The molecule has 0 fully saturated rings. The normalized spacial score (nSPS) is 13.1. The molecule has 17 heavy (non-hydrogen) atoms. The topological polar surface area (TPSA) is 70.0 Å². The van der Waals surface area contributed by atoms with Crippen LogP contribution in [0.25, 0.3) is 0 Å². The Morgan fingerprint density at radius 2 is 2.24 bits per heavy atom. The van der Waals surface area contributed by atoms with Crippen molar-refractivity contribution >= 4 is 26.0 Å². The zero-order valence-electron chi connectivity index (χ0n) is 8.94. The Morgan fingerprint density at radius 1 is 1.59 bits per heavy atom. The smallest absolute Gasteiger partial charge is 0.210 e. The molecule has 1 rings (SSSR count). The van der Waals surface area contributed by atoms with Crippen molar-refractivity contribution in [2.24, 2.45) is 5.92 Å². The fourth-order valence-corrected chi connectivity index (χ4v) is 2.79. The fraction of sp³-hybridized carbons (Fsp3) is 0.300. The lowest BCUT2D eigenvalue weighted by atomic mass is 10.2. The molecular formula is C10H10BrFN2O2S. The molecule has 1 N–H and O–H groups in total. The maximum Gasteiger partial charge on any atom is 0.243 e. The first-order chi connectivity index (χ1) is 7.86. The molecule has 0 aliphatic heterocycles. The van der Waals surface area contributed by atoms with Crippen LogP contribution < -0.4 is 4.72 Å². The second-order valence-corrected chi connectivity index (χ2v) is 6.11. The maximum absolute atomic E-state index is 13.4. The van der Waals surface area contributed by atoms with Gasteiger partial charge in [-0.05, 0) is 25.1 Å². The number of nitrogens with zero attached hydrogens (tertiary/aromatic N) is 1. The molecule has 0 bridgehead atoms. The van der Waals surface area contributed by atoms with Crippen LogP contribution >= 0.6 is 15.9 Å². The Bertz CT molecular complexity index is 554. The molecule has 7 heteroatoms. The largest absolute Gasteiger partial charge is 0.243 e. The van der Waals surface area contributed by atoms with Gasteiger partial charge in [-0.3, -0.25) is 0 Å². The second kappa shape index (κ2) is 5.58. The van der Waals surface area contributed by atoms with E-state index in [1.807, 2.05) is 6.07 Å². The van der Waals surface area contributed by atoms with Gasteiger partial charge in [0, 0.05) is 11.0 Å². The molecule has 0 amide bonds. The van der Waals surface area contributed by atoms with E-state index in [1.54, 1.807) is 6.92 Å². The Morgan fingerprint density at radius 3 is 2.82 bits per heavy atom. The van der Waals surface area contributed by atoms with Crippen molar-refractivity contribution in [3.8, 4) is 6.07 Å². The van der Waals surface area contributed by atoms with Crippen molar-refractivity contribution < 1.29 is 12.8 Å². The van der Waals surface area contributed by atoms with Crippen LogP contribution in [0.3, 0.4) is 0 Å². The van der Waals surface area contributed by atoms with Crippen molar-refractivity contribution in [1.82, 2.24) is 4.72 Å². The molecule has 0 aliphatic rings. The first kappa shape index (κ1) is 14.1. The van der Waals surface area contributed by atoms with Crippen LogP contribution in [0.1, 0.15) is 6.92 Å². The average Bonchev–Trinajstić information content (AvgIpc) is 2.29. The molecule has 0 saturated carbocycles. The molecule has 0 spiro atoms. The number of sulfonamides is 1. The summed E-state index contributed by atoms with van der Waals surface area (Å²) in [6.45, 7) is 1.52. The van der Waals surface area contributed by atoms with E-state index in [0.29, 0.717) is 4.47 Å². The highest BCUT2D eigenvalue weighted by Crippen LogP contribution is 2.19. The van der Waals surface area contributed by atoms with Gasteiger partial charge in [0.25, 0.3) is 0 Å². The summed E-state index contributed by atoms with van der Waals surface area (Å²) in [5.74, 6) is -1.30. The third-order valence-corrected chi connectivity index (χ3v) is 3.91. The van der Waals surface area contributed by atoms with Gasteiger partial charge in [0.1, 0.15) is 10.7 Å². The molecule has 92 valence electrons. The average molecular weight is 321 g/mol. The quantitative estimate of drug-likeness (QED) is 0.922. The monoisotopic (exact) mass is 320 g/mol. The van der Waals surface area contributed by atoms with E-state index in [1.165, 1.54) is 12.1 Å². The summed E-state index contributed by atoms with van der Waals surface area (Å²) in [7, 11) is -3.92. The standard InChI is InChI=1S/C10H10BrFN2O2S/c1-7(5-13)6-14-17(15,16)10-4-8(11)2-3-9(10)12/h2-4,7,14H,6H2,1H3/t7-/m1/s1. The molecule has 4 nitrogen and oxygen atoms in total. The van der Waals surface area contributed by atoms with Crippen molar-refractivity contribution in [3.63, 3.8) is 0 Å². The van der Waals surface area contributed by atoms with Gasteiger partial charge in [-0.2, -0.15) is 5.26 Å². The summed E-state index contributed by atoms with van der Waals surface area (Å²) < 4.78 is 39.5. The van der Waals surface area contributed by atoms with Crippen LogP contribution in [0.15, 0.2) is 27.6 Å². The SMILES string of the molecule is C[C@H](C#N)CNS(=O)(=O)c1cc(Br)ccc1F. The van der Waals surface area contributed by atoms with E-state index in [2.05, 4.69) is 20.7 Å². The highest BCUT2D eigenvalue weighted by molar-refractivity contribution is 9.10. The summed E-state index contributed by atoms with van der Waals surface area (Å²) in [4.78, 5) is -0.433. The highest BCUT2D eigenvalue weighted by Gasteiger charge is 2.19. The first-order valence-electron chi connectivity index (χ1n) is 4.71. The van der Waals surface area contributed by atoms with E-state index in [0.717, 1.165) is 6.07 Å². The number of nitriles is 1. The van der Waals surface area contributed by atoms with Crippen LogP contribution in [0.2, 0.25) is 0 Å². The Hall–Kier alpha value is -0.970. The molecule has 0 radical (unpaired) electrons. The molecular weight excluding hydrogens is 311 g/mol. The van der Waals surface area contributed by atoms with E-state index >= 15 is 0 Å². The van der Waals surface area contributed by atoms with Crippen LogP contribution in [-0.2, 0) is 10.0 Å². The Balaban J connectivity index is 2.98. The summed E-state index contributed by atoms with van der Waals surface area (Å²) >= 11 is 3.07. The van der Waals surface area contributed by atoms with Gasteiger partial charge in [0.2, 0.25) is 10.0 Å². The Labute approximate surface area is 108 Å². The summed E-state index contributed by atoms with van der Waals surface area (Å²) in [6, 6.07) is 5.53. The van der Waals surface area contributed by atoms with Crippen molar-refractivity contribution in [2.75, 3.05) is 6.54 Å². The van der Waals surface area contributed by atoms with Crippen LogP contribution in [0, 0.1) is 23.1 Å². The number of rotatable bonds is 4. The highest BCUT2D eigenvalue weighted by atomic mass is 79.9. The minimum absolute atomic E-state index is 0.0508.